The van der Waals surface area contributed by atoms with Crippen LogP contribution in [0, 0.1) is 11.8 Å². The molecule has 16 heavy (non-hydrogen) atoms. The maximum Gasteiger partial charge on any atom is 0.00671 e. The lowest BCUT2D eigenvalue weighted by Crippen LogP contribution is -2.41. The van der Waals surface area contributed by atoms with Crippen LogP contribution in [0.25, 0.3) is 0 Å². The third kappa shape index (κ3) is 3.74. The summed E-state index contributed by atoms with van der Waals surface area (Å²) in [5.74, 6) is 1.82. The van der Waals surface area contributed by atoms with Crippen LogP contribution in [0.1, 0.15) is 51.9 Å². The fourth-order valence-corrected chi connectivity index (χ4v) is 3.25. The molecule has 1 aliphatic heterocycles. The van der Waals surface area contributed by atoms with Gasteiger partial charge in [0.25, 0.3) is 0 Å². The van der Waals surface area contributed by atoms with Crippen LogP contribution in [0.3, 0.4) is 0 Å². The molecule has 0 aromatic heterocycles. The van der Waals surface area contributed by atoms with Gasteiger partial charge in [0.15, 0.2) is 0 Å². The van der Waals surface area contributed by atoms with Gasteiger partial charge in [-0.2, -0.15) is 0 Å². The zero-order chi connectivity index (χ0) is 11.2. The van der Waals surface area contributed by atoms with E-state index in [2.05, 4.69) is 17.6 Å². The summed E-state index contributed by atoms with van der Waals surface area (Å²) in [6, 6.07) is 0.738. The van der Waals surface area contributed by atoms with E-state index in [1.807, 2.05) is 0 Å². The van der Waals surface area contributed by atoms with E-state index in [4.69, 9.17) is 0 Å². The molecule has 0 amide bonds. The van der Waals surface area contributed by atoms with E-state index in [0.717, 1.165) is 17.9 Å². The minimum absolute atomic E-state index is 0.738. The lowest BCUT2D eigenvalue weighted by Gasteiger charge is -2.31. The molecule has 0 radical (unpaired) electrons. The Morgan fingerprint density at radius 3 is 2.62 bits per heavy atom. The highest BCUT2D eigenvalue weighted by molar-refractivity contribution is 4.78. The van der Waals surface area contributed by atoms with Gasteiger partial charge >= 0.3 is 0 Å². The molecule has 2 heteroatoms. The molecule has 2 atom stereocenters. The van der Waals surface area contributed by atoms with Gasteiger partial charge in [-0.15, -0.1) is 0 Å². The summed E-state index contributed by atoms with van der Waals surface area (Å²) in [4.78, 5) is 0. The highest BCUT2D eigenvalue weighted by Gasteiger charge is 2.21. The molecule has 1 heterocycles. The maximum atomic E-state index is 3.78. The minimum Gasteiger partial charge on any atom is -0.316 e. The first kappa shape index (κ1) is 12.4. The molecular formula is C14H28N2. The van der Waals surface area contributed by atoms with E-state index in [0.29, 0.717) is 0 Å². The van der Waals surface area contributed by atoms with Gasteiger partial charge in [0.05, 0.1) is 0 Å². The van der Waals surface area contributed by atoms with Crippen LogP contribution in [0.5, 0.6) is 0 Å². The molecule has 1 saturated carbocycles. The first-order valence-corrected chi connectivity index (χ1v) is 7.30. The summed E-state index contributed by atoms with van der Waals surface area (Å²) >= 11 is 0. The summed E-state index contributed by atoms with van der Waals surface area (Å²) < 4.78 is 0. The first-order valence-electron chi connectivity index (χ1n) is 7.30. The van der Waals surface area contributed by atoms with Crippen LogP contribution in [0.4, 0.5) is 0 Å². The SMILES string of the molecule is C[C@@H](NCC1CCCNC1)C1CCCCC1. The van der Waals surface area contributed by atoms with Gasteiger partial charge in [-0.25, -0.2) is 0 Å². The third-order valence-corrected chi connectivity index (χ3v) is 4.48. The maximum absolute atomic E-state index is 3.78. The van der Waals surface area contributed by atoms with Gasteiger partial charge < -0.3 is 10.6 Å². The van der Waals surface area contributed by atoms with Crippen molar-refractivity contribution in [2.45, 2.75) is 57.9 Å². The van der Waals surface area contributed by atoms with Crippen LogP contribution in [0.15, 0.2) is 0 Å². The summed E-state index contributed by atoms with van der Waals surface area (Å²) in [6.45, 7) is 6.08. The number of rotatable bonds is 4. The van der Waals surface area contributed by atoms with Crippen molar-refractivity contribution in [2.75, 3.05) is 19.6 Å². The molecule has 2 aliphatic rings. The van der Waals surface area contributed by atoms with E-state index >= 15 is 0 Å². The molecule has 1 saturated heterocycles. The summed E-state index contributed by atoms with van der Waals surface area (Å²) in [7, 11) is 0. The highest BCUT2D eigenvalue weighted by atomic mass is 14.9. The molecule has 2 N–H and O–H groups in total. The smallest absolute Gasteiger partial charge is 0.00671 e. The summed E-state index contributed by atoms with van der Waals surface area (Å²) in [5, 5.41) is 7.28. The molecule has 0 bridgehead atoms. The molecule has 2 rings (SSSR count). The van der Waals surface area contributed by atoms with Crippen LogP contribution in [-0.2, 0) is 0 Å². The van der Waals surface area contributed by atoms with Gasteiger partial charge in [0.2, 0.25) is 0 Å². The Bertz CT molecular complexity index is 181. The average molecular weight is 224 g/mol. The Kier molecular flexibility index (Phi) is 5.11. The molecule has 1 aliphatic carbocycles. The quantitative estimate of drug-likeness (QED) is 0.767. The second kappa shape index (κ2) is 6.61. The molecule has 94 valence electrons. The minimum atomic E-state index is 0.738. The Labute approximate surface area is 101 Å². The molecule has 0 spiro atoms. The van der Waals surface area contributed by atoms with Crippen molar-refractivity contribution in [3.8, 4) is 0 Å². The standard InChI is InChI=1S/C14H28N2/c1-12(14-7-3-2-4-8-14)16-11-13-6-5-9-15-10-13/h12-16H,2-11H2,1H3/t12-,13?/m1/s1. The van der Waals surface area contributed by atoms with Gasteiger partial charge in [-0.05, 0) is 64.1 Å². The van der Waals surface area contributed by atoms with Crippen molar-refractivity contribution in [2.24, 2.45) is 11.8 Å². The van der Waals surface area contributed by atoms with Crippen LogP contribution < -0.4 is 10.6 Å². The lowest BCUT2D eigenvalue weighted by molar-refractivity contribution is 0.261. The third-order valence-electron chi connectivity index (χ3n) is 4.48. The van der Waals surface area contributed by atoms with Crippen LogP contribution in [0.2, 0.25) is 0 Å². The van der Waals surface area contributed by atoms with E-state index < -0.39 is 0 Å². The number of hydrogen-bond donors (Lipinski definition) is 2. The van der Waals surface area contributed by atoms with Gasteiger partial charge in [-0.3, -0.25) is 0 Å². The molecule has 1 unspecified atom stereocenters. The summed E-state index contributed by atoms with van der Waals surface area (Å²) in [5.41, 5.74) is 0. The topological polar surface area (TPSA) is 24.1 Å². The monoisotopic (exact) mass is 224 g/mol. The Balaban J connectivity index is 1.63. The average Bonchev–Trinajstić information content (AvgIpc) is 2.38. The van der Waals surface area contributed by atoms with Crippen molar-refractivity contribution in [3.63, 3.8) is 0 Å². The van der Waals surface area contributed by atoms with Gasteiger partial charge in [0.1, 0.15) is 0 Å². The van der Waals surface area contributed by atoms with Crippen molar-refractivity contribution < 1.29 is 0 Å². The van der Waals surface area contributed by atoms with E-state index in [1.54, 1.807) is 0 Å². The van der Waals surface area contributed by atoms with Gasteiger partial charge in [0, 0.05) is 6.04 Å². The predicted octanol–water partition coefficient (Wildman–Crippen LogP) is 2.54. The predicted molar refractivity (Wildman–Crippen MR) is 69.6 cm³/mol. The summed E-state index contributed by atoms with van der Waals surface area (Å²) in [6.07, 6.45) is 10.1. The zero-order valence-corrected chi connectivity index (χ0v) is 10.8. The van der Waals surface area contributed by atoms with Crippen molar-refractivity contribution in [1.82, 2.24) is 10.6 Å². The Hall–Kier alpha value is -0.0800. The van der Waals surface area contributed by atoms with Crippen LogP contribution >= 0.6 is 0 Å². The Morgan fingerprint density at radius 1 is 1.12 bits per heavy atom. The molecule has 2 nitrogen and oxygen atoms in total. The normalized spacial score (nSPS) is 30.2. The fraction of sp³-hybridized carbons (Fsp3) is 1.00. The Morgan fingerprint density at radius 2 is 1.94 bits per heavy atom. The highest BCUT2D eigenvalue weighted by Crippen LogP contribution is 2.26. The zero-order valence-electron chi connectivity index (χ0n) is 10.8. The molecular weight excluding hydrogens is 196 g/mol. The number of nitrogens with one attached hydrogen (secondary N) is 2. The van der Waals surface area contributed by atoms with Crippen molar-refractivity contribution in [3.05, 3.63) is 0 Å². The van der Waals surface area contributed by atoms with E-state index in [-0.39, 0.29) is 0 Å². The number of hydrogen-bond acceptors (Lipinski definition) is 2. The van der Waals surface area contributed by atoms with Crippen molar-refractivity contribution in [1.29, 1.82) is 0 Å². The van der Waals surface area contributed by atoms with Gasteiger partial charge in [-0.1, -0.05) is 19.3 Å². The van der Waals surface area contributed by atoms with Crippen molar-refractivity contribution >= 4 is 0 Å². The first-order chi connectivity index (χ1) is 7.86. The van der Waals surface area contributed by atoms with Crippen LogP contribution in [-0.4, -0.2) is 25.7 Å². The van der Waals surface area contributed by atoms with E-state index in [1.165, 1.54) is 64.6 Å². The molecule has 0 aromatic carbocycles. The molecule has 2 fully saturated rings. The largest absolute Gasteiger partial charge is 0.316 e. The number of piperidine rings is 1. The second-order valence-electron chi connectivity index (χ2n) is 5.81. The fourth-order valence-electron chi connectivity index (χ4n) is 3.25. The van der Waals surface area contributed by atoms with E-state index in [9.17, 15) is 0 Å². The second-order valence-corrected chi connectivity index (χ2v) is 5.81. The molecule has 0 aromatic rings. The lowest BCUT2D eigenvalue weighted by atomic mass is 9.84.